The first-order valence-corrected chi connectivity index (χ1v) is 9.52. The van der Waals surface area contributed by atoms with Gasteiger partial charge < -0.3 is 14.4 Å². The summed E-state index contributed by atoms with van der Waals surface area (Å²) in [6, 6.07) is 13.6. The van der Waals surface area contributed by atoms with Crippen LogP contribution in [-0.2, 0) is 9.53 Å². The predicted octanol–water partition coefficient (Wildman–Crippen LogP) is 4.37. The molecule has 4 nitrogen and oxygen atoms in total. The van der Waals surface area contributed by atoms with E-state index < -0.39 is 0 Å². The zero-order valence-electron chi connectivity index (χ0n) is 14.5. The highest BCUT2D eigenvalue weighted by Crippen LogP contribution is 2.38. The minimum absolute atomic E-state index is 0.00287. The van der Waals surface area contributed by atoms with Gasteiger partial charge in [-0.3, -0.25) is 4.79 Å². The second kappa shape index (κ2) is 9.12. The Balaban J connectivity index is 1.69. The maximum atomic E-state index is 12.2. The van der Waals surface area contributed by atoms with E-state index in [0.717, 1.165) is 21.1 Å². The molecule has 2 aromatic rings. The van der Waals surface area contributed by atoms with E-state index in [9.17, 15) is 4.79 Å². The van der Waals surface area contributed by atoms with Crippen molar-refractivity contribution in [1.29, 1.82) is 0 Å². The molecule has 1 aliphatic heterocycles. The van der Waals surface area contributed by atoms with Gasteiger partial charge in [0.1, 0.15) is 5.75 Å². The molecule has 0 spiro atoms. The Kier molecular flexibility index (Phi) is 6.61. The van der Waals surface area contributed by atoms with Crippen LogP contribution in [-0.4, -0.2) is 44.2 Å². The average Bonchev–Trinajstić information content (AvgIpc) is 2.69. The summed E-state index contributed by atoms with van der Waals surface area (Å²) >= 11 is 7.98. The minimum Gasteiger partial charge on any atom is -0.496 e. The Morgan fingerprint density at radius 1 is 1.19 bits per heavy atom. The molecule has 0 aromatic heterocycles. The number of para-hydroxylation sites is 1. The summed E-state index contributed by atoms with van der Waals surface area (Å²) in [6.45, 7) is 2.47. The van der Waals surface area contributed by atoms with Gasteiger partial charge >= 0.3 is 0 Å². The lowest BCUT2D eigenvalue weighted by Crippen LogP contribution is -2.39. The van der Waals surface area contributed by atoms with Crippen LogP contribution in [0.3, 0.4) is 0 Å². The Morgan fingerprint density at radius 3 is 2.69 bits per heavy atom. The second-order valence-electron chi connectivity index (χ2n) is 5.71. The molecule has 26 heavy (non-hydrogen) atoms. The van der Waals surface area contributed by atoms with E-state index >= 15 is 0 Å². The van der Waals surface area contributed by atoms with Crippen LogP contribution >= 0.6 is 23.4 Å². The Bertz CT molecular complexity index is 803. The van der Waals surface area contributed by atoms with Crippen molar-refractivity contribution in [3.8, 4) is 5.75 Å². The van der Waals surface area contributed by atoms with Crippen molar-refractivity contribution in [2.75, 3.05) is 33.4 Å². The number of hydrogen-bond donors (Lipinski definition) is 0. The van der Waals surface area contributed by atoms with Crippen molar-refractivity contribution in [2.45, 2.75) is 9.79 Å². The number of rotatable bonds is 5. The maximum Gasteiger partial charge on any atom is 0.246 e. The number of amides is 1. The number of carbonyl (C=O) groups excluding carboxylic acids is 1. The van der Waals surface area contributed by atoms with Crippen molar-refractivity contribution >= 4 is 35.3 Å². The lowest BCUT2D eigenvalue weighted by atomic mass is 10.2. The fourth-order valence-corrected chi connectivity index (χ4v) is 3.81. The molecule has 0 unspecified atom stereocenters. The summed E-state index contributed by atoms with van der Waals surface area (Å²) in [4.78, 5) is 15.9. The molecule has 1 fully saturated rings. The quantitative estimate of drug-likeness (QED) is 0.712. The third kappa shape index (κ3) is 4.81. The molecule has 2 aromatic carbocycles. The predicted molar refractivity (Wildman–Crippen MR) is 105 cm³/mol. The van der Waals surface area contributed by atoms with Gasteiger partial charge in [0.05, 0.1) is 30.2 Å². The molecule has 1 aliphatic rings. The van der Waals surface area contributed by atoms with Crippen LogP contribution in [0.5, 0.6) is 5.75 Å². The van der Waals surface area contributed by atoms with Gasteiger partial charge in [-0.2, -0.15) is 0 Å². The number of carbonyl (C=O) groups is 1. The van der Waals surface area contributed by atoms with Crippen molar-refractivity contribution < 1.29 is 14.3 Å². The Labute approximate surface area is 162 Å². The molecular formula is C20H20ClNO3S. The van der Waals surface area contributed by atoms with E-state index in [1.165, 1.54) is 0 Å². The number of hydrogen-bond acceptors (Lipinski definition) is 4. The normalized spacial score (nSPS) is 14.6. The molecule has 0 N–H and O–H groups in total. The fraction of sp³-hybridized carbons (Fsp3) is 0.250. The largest absolute Gasteiger partial charge is 0.496 e. The summed E-state index contributed by atoms with van der Waals surface area (Å²) in [5.41, 5.74) is 0.890. The molecule has 0 radical (unpaired) electrons. The van der Waals surface area contributed by atoms with E-state index in [-0.39, 0.29) is 5.91 Å². The van der Waals surface area contributed by atoms with Crippen molar-refractivity contribution in [1.82, 2.24) is 4.90 Å². The third-order valence-corrected chi connectivity index (χ3v) is 5.54. The first-order chi connectivity index (χ1) is 12.7. The number of methoxy groups -OCH3 is 1. The molecule has 3 rings (SSSR count). The van der Waals surface area contributed by atoms with E-state index in [4.69, 9.17) is 21.1 Å². The number of halogens is 1. The Hall–Kier alpha value is -1.95. The van der Waals surface area contributed by atoms with Gasteiger partial charge in [-0.05, 0) is 35.9 Å². The summed E-state index contributed by atoms with van der Waals surface area (Å²) in [5, 5.41) is 0.641. The number of nitrogens with zero attached hydrogens (tertiary/aromatic N) is 1. The second-order valence-corrected chi connectivity index (χ2v) is 7.20. The van der Waals surface area contributed by atoms with Crippen molar-refractivity contribution in [3.63, 3.8) is 0 Å². The zero-order chi connectivity index (χ0) is 18.4. The molecule has 1 amide bonds. The minimum atomic E-state index is -0.00287. The van der Waals surface area contributed by atoms with Crippen molar-refractivity contribution in [2.24, 2.45) is 0 Å². The van der Waals surface area contributed by atoms with Crippen LogP contribution in [0.15, 0.2) is 58.3 Å². The highest BCUT2D eigenvalue weighted by atomic mass is 35.5. The van der Waals surface area contributed by atoms with Gasteiger partial charge in [0, 0.05) is 24.1 Å². The van der Waals surface area contributed by atoms with Crippen molar-refractivity contribution in [3.05, 3.63) is 59.1 Å². The van der Waals surface area contributed by atoms with Crippen LogP contribution in [0.4, 0.5) is 0 Å². The molecule has 0 bridgehead atoms. The highest BCUT2D eigenvalue weighted by molar-refractivity contribution is 7.99. The van der Waals surface area contributed by atoms with Crippen LogP contribution in [0.1, 0.15) is 5.56 Å². The lowest BCUT2D eigenvalue weighted by Gasteiger charge is -2.25. The zero-order valence-corrected chi connectivity index (χ0v) is 16.1. The molecule has 0 atom stereocenters. The topological polar surface area (TPSA) is 38.8 Å². The van der Waals surface area contributed by atoms with Crippen LogP contribution in [0.2, 0.25) is 5.02 Å². The molecule has 0 aliphatic carbocycles. The van der Waals surface area contributed by atoms with Gasteiger partial charge in [0.15, 0.2) is 0 Å². The van der Waals surface area contributed by atoms with Gasteiger partial charge in [-0.1, -0.05) is 41.6 Å². The fourth-order valence-electron chi connectivity index (χ4n) is 2.58. The highest BCUT2D eigenvalue weighted by Gasteiger charge is 2.14. The van der Waals surface area contributed by atoms with Gasteiger partial charge in [-0.25, -0.2) is 0 Å². The van der Waals surface area contributed by atoms with E-state index in [2.05, 4.69) is 0 Å². The van der Waals surface area contributed by atoms with Gasteiger partial charge in [0.2, 0.25) is 5.91 Å². The number of ether oxygens (including phenoxy) is 2. The first kappa shape index (κ1) is 18.8. The summed E-state index contributed by atoms with van der Waals surface area (Å²) in [5.74, 6) is 0.811. The molecule has 6 heteroatoms. The number of benzene rings is 2. The molecule has 0 saturated carbocycles. The monoisotopic (exact) mass is 389 g/mol. The molecule has 136 valence electrons. The first-order valence-electron chi connectivity index (χ1n) is 8.32. The Morgan fingerprint density at radius 2 is 1.96 bits per heavy atom. The number of morpholine rings is 1. The molecular weight excluding hydrogens is 370 g/mol. The summed E-state index contributed by atoms with van der Waals surface area (Å²) in [6.07, 6.45) is 3.38. The standard InChI is InChI=1S/C20H20ClNO3S/c1-24-17-4-2-3-5-19(17)26-18-8-6-15(14-16(18)21)7-9-20(23)22-10-12-25-13-11-22/h2-9,14H,10-13H2,1H3/b9-7+. The average molecular weight is 390 g/mol. The van der Waals surface area contributed by atoms with Crippen LogP contribution < -0.4 is 4.74 Å². The van der Waals surface area contributed by atoms with E-state index in [0.29, 0.717) is 31.3 Å². The summed E-state index contributed by atoms with van der Waals surface area (Å²) in [7, 11) is 1.65. The summed E-state index contributed by atoms with van der Waals surface area (Å²) < 4.78 is 10.6. The smallest absolute Gasteiger partial charge is 0.246 e. The van der Waals surface area contributed by atoms with Crippen LogP contribution in [0, 0.1) is 0 Å². The van der Waals surface area contributed by atoms with Crippen LogP contribution in [0.25, 0.3) is 6.08 Å². The van der Waals surface area contributed by atoms with E-state index in [1.807, 2.05) is 42.5 Å². The molecule has 1 heterocycles. The van der Waals surface area contributed by atoms with Gasteiger partial charge in [-0.15, -0.1) is 0 Å². The SMILES string of the molecule is COc1ccccc1Sc1ccc(/C=C/C(=O)N2CCOCC2)cc1Cl. The molecule has 1 saturated heterocycles. The van der Waals surface area contributed by atoms with Gasteiger partial charge in [0.25, 0.3) is 0 Å². The lowest BCUT2D eigenvalue weighted by molar-refractivity contribution is -0.129. The van der Waals surface area contributed by atoms with E-state index in [1.54, 1.807) is 35.9 Å². The maximum absolute atomic E-state index is 12.2. The third-order valence-electron chi connectivity index (χ3n) is 3.99.